The van der Waals surface area contributed by atoms with Gasteiger partial charge in [-0.25, -0.2) is 4.39 Å². The van der Waals surface area contributed by atoms with E-state index in [1.54, 1.807) is 38.2 Å². The topological polar surface area (TPSA) is 32.9 Å². The molecule has 0 aliphatic carbocycles. The predicted molar refractivity (Wildman–Crippen MR) is 61.9 cm³/mol. The standard InChI is InChI=1S/C13H12FNO/c1-8-5-10(3-4-12(8)14)11-6-9(2)13(16)15-7-11/h3-7H,1-2H3,(H,15,16). The molecule has 2 nitrogen and oxygen atoms in total. The molecule has 0 saturated carbocycles. The lowest BCUT2D eigenvalue weighted by atomic mass is 10.0. The van der Waals surface area contributed by atoms with E-state index in [1.165, 1.54) is 6.07 Å². The van der Waals surface area contributed by atoms with Gasteiger partial charge in [-0.15, -0.1) is 0 Å². The van der Waals surface area contributed by atoms with Crippen molar-refractivity contribution in [2.45, 2.75) is 13.8 Å². The van der Waals surface area contributed by atoms with Gasteiger partial charge in [0.15, 0.2) is 0 Å². The first-order chi connectivity index (χ1) is 7.58. The minimum Gasteiger partial charge on any atom is -0.328 e. The van der Waals surface area contributed by atoms with Crippen LogP contribution in [0.3, 0.4) is 0 Å². The van der Waals surface area contributed by atoms with E-state index in [0.717, 1.165) is 11.1 Å². The fraction of sp³-hybridized carbons (Fsp3) is 0.154. The maximum Gasteiger partial charge on any atom is 0.250 e. The first-order valence-corrected chi connectivity index (χ1v) is 5.04. The minimum absolute atomic E-state index is 0.0948. The summed E-state index contributed by atoms with van der Waals surface area (Å²) in [7, 11) is 0. The molecule has 0 aliphatic heterocycles. The minimum atomic E-state index is -0.218. The zero-order chi connectivity index (χ0) is 11.7. The van der Waals surface area contributed by atoms with Gasteiger partial charge in [0.2, 0.25) is 0 Å². The second-order valence-electron chi connectivity index (χ2n) is 3.86. The number of nitrogens with one attached hydrogen (secondary N) is 1. The molecule has 0 aliphatic rings. The second-order valence-corrected chi connectivity index (χ2v) is 3.86. The Hall–Kier alpha value is -1.90. The number of hydrogen-bond donors (Lipinski definition) is 1. The molecule has 0 saturated heterocycles. The fourth-order valence-corrected chi connectivity index (χ4v) is 1.59. The molecule has 82 valence electrons. The Balaban J connectivity index is 2.54. The summed E-state index contributed by atoms with van der Waals surface area (Å²) in [4.78, 5) is 13.9. The molecular weight excluding hydrogens is 205 g/mol. The summed E-state index contributed by atoms with van der Waals surface area (Å²) in [5.41, 5.74) is 2.95. The molecule has 1 aromatic heterocycles. The Labute approximate surface area is 92.8 Å². The average molecular weight is 217 g/mol. The van der Waals surface area contributed by atoms with Gasteiger partial charge < -0.3 is 4.98 Å². The Bertz CT molecular complexity index is 587. The fourth-order valence-electron chi connectivity index (χ4n) is 1.59. The number of rotatable bonds is 1. The molecule has 1 N–H and O–H groups in total. The van der Waals surface area contributed by atoms with Crippen LogP contribution in [0.5, 0.6) is 0 Å². The van der Waals surface area contributed by atoms with E-state index >= 15 is 0 Å². The smallest absolute Gasteiger partial charge is 0.250 e. The zero-order valence-electron chi connectivity index (χ0n) is 9.17. The lowest BCUT2D eigenvalue weighted by Gasteiger charge is -2.04. The summed E-state index contributed by atoms with van der Waals surface area (Å²) < 4.78 is 13.1. The van der Waals surface area contributed by atoms with Gasteiger partial charge in [-0.1, -0.05) is 6.07 Å². The average Bonchev–Trinajstić information content (AvgIpc) is 2.26. The van der Waals surface area contributed by atoms with Crippen molar-refractivity contribution < 1.29 is 4.39 Å². The summed E-state index contributed by atoms with van der Waals surface area (Å²) in [6, 6.07) is 6.70. The SMILES string of the molecule is Cc1cc(-c2c[nH]c(=O)c(C)c2)ccc1F. The predicted octanol–water partition coefficient (Wildman–Crippen LogP) is 2.80. The van der Waals surface area contributed by atoms with Crippen LogP contribution in [0.1, 0.15) is 11.1 Å². The van der Waals surface area contributed by atoms with Crippen molar-refractivity contribution in [2.75, 3.05) is 0 Å². The first-order valence-electron chi connectivity index (χ1n) is 5.04. The maximum atomic E-state index is 13.1. The number of H-pyrrole nitrogens is 1. The van der Waals surface area contributed by atoms with Crippen LogP contribution in [-0.2, 0) is 0 Å². The van der Waals surface area contributed by atoms with Crippen LogP contribution in [-0.4, -0.2) is 4.98 Å². The largest absolute Gasteiger partial charge is 0.328 e. The van der Waals surface area contributed by atoms with Crippen molar-refractivity contribution in [3.05, 3.63) is 57.8 Å². The van der Waals surface area contributed by atoms with Crippen molar-refractivity contribution >= 4 is 0 Å². The van der Waals surface area contributed by atoms with E-state index in [2.05, 4.69) is 4.98 Å². The molecule has 0 atom stereocenters. The van der Waals surface area contributed by atoms with Gasteiger partial charge >= 0.3 is 0 Å². The number of halogens is 1. The Kier molecular flexibility index (Phi) is 2.60. The van der Waals surface area contributed by atoms with Gasteiger partial charge in [0, 0.05) is 11.8 Å². The molecule has 0 amide bonds. The van der Waals surface area contributed by atoms with Crippen LogP contribution >= 0.6 is 0 Å². The van der Waals surface area contributed by atoms with E-state index < -0.39 is 0 Å². The summed E-state index contributed by atoms with van der Waals surface area (Å²) in [5, 5.41) is 0. The highest BCUT2D eigenvalue weighted by Gasteiger charge is 2.03. The monoisotopic (exact) mass is 217 g/mol. The molecule has 3 heteroatoms. The zero-order valence-corrected chi connectivity index (χ0v) is 9.17. The van der Waals surface area contributed by atoms with E-state index in [0.29, 0.717) is 11.1 Å². The van der Waals surface area contributed by atoms with Crippen molar-refractivity contribution in [1.82, 2.24) is 4.98 Å². The maximum absolute atomic E-state index is 13.1. The van der Waals surface area contributed by atoms with Crippen molar-refractivity contribution in [1.29, 1.82) is 0 Å². The van der Waals surface area contributed by atoms with Crippen LogP contribution < -0.4 is 5.56 Å². The molecule has 0 spiro atoms. The molecule has 0 radical (unpaired) electrons. The van der Waals surface area contributed by atoms with E-state index in [4.69, 9.17) is 0 Å². The van der Waals surface area contributed by atoms with Gasteiger partial charge in [0.1, 0.15) is 5.82 Å². The van der Waals surface area contributed by atoms with E-state index in [1.807, 2.05) is 0 Å². The highest BCUT2D eigenvalue weighted by Crippen LogP contribution is 2.20. The normalized spacial score (nSPS) is 10.4. The lowest BCUT2D eigenvalue weighted by Crippen LogP contribution is -2.07. The highest BCUT2D eigenvalue weighted by atomic mass is 19.1. The third kappa shape index (κ3) is 1.89. The van der Waals surface area contributed by atoms with Gasteiger partial charge in [0.25, 0.3) is 5.56 Å². The highest BCUT2D eigenvalue weighted by molar-refractivity contribution is 5.63. The molecular formula is C13H12FNO. The number of aromatic amines is 1. The molecule has 2 aromatic rings. The summed E-state index contributed by atoms with van der Waals surface area (Å²) >= 11 is 0. The quantitative estimate of drug-likeness (QED) is 0.782. The molecule has 1 aromatic carbocycles. The number of aryl methyl sites for hydroxylation is 2. The third-order valence-corrected chi connectivity index (χ3v) is 2.58. The van der Waals surface area contributed by atoms with Crippen LogP contribution in [0.25, 0.3) is 11.1 Å². The molecule has 0 unspecified atom stereocenters. The molecule has 16 heavy (non-hydrogen) atoms. The van der Waals surface area contributed by atoms with Crippen LogP contribution in [0.15, 0.2) is 35.3 Å². The third-order valence-electron chi connectivity index (χ3n) is 2.58. The molecule has 0 bridgehead atoms. The Morgan fingerprint density at radius 2 is 1.75 bits per heavy atom. The number of pyridine rings is 1. The van der Waals surface area contributed by atoms with Crippen LogP contribution in [0.2, 0.25) is 0 Å². The van der Waals surface area contributed by atoms with Crippen molar-refractivity contribution in [2.24, 2.45) is 0 Å². The van der Waals surface area contributed by atoms with Gasteiger partial charge in [-0.3, -0.25) is 4.79 Å². The van der Waals surface area contributed by atoms with Gasteiger partial charge in [-0.05, 0) is 48.7 Å². The first kappa shape index (κ1) is 10.6. The Morgan fingerprint density at radius 3 is 2.38 bits per heavy atom. The number of hydrogen-bond acceptors (Lipinski definition) is 1. The van der Waals surface area contributed by atoms with Crippen molar-refractivity contribution in [3.8, 4) is 11.1 Å². The number of aromatic nitrogens is 1. The molecule has 2 rings (SSSR count). The molecule has 1 heterocycles. The van der Waals surface area contributed by atoms with E-state index in [-0.39, 0.29) is 11.4 Å². The molecule has 0 fully saturated rings. The van der Waals surface area contributed by atoms with Crippen LogP contribution in [0, 0.1) is 19.7 Å². The second kappa shape index (κ2) is 3.93. The summed E-state index contributed by atoms with van der Waals surface area (Å²) in [6.45, 7) is 3.47. The summed E-state index contributed by atoms with van der Waals surface area (Å²) in [5.74, 6) is -0.218. The van der Waals surface area contributed by atoms with E-state index in [9.17, 15) is 9.18 Å². The van der Waals surface area contributed by atoms with Crippen molar-refractivity contribution in [3.63, 3.8) is 0 Å². The number of benzene rings is 1. The summed E-state index contributed by atoms with van der Waals surface area (Å²) in [6.07, 6.45) is 1.64. The lowest BCUT2D eigenvalue weighted by molar-refractivity contribution is 0.619. The van der Waals surface area contributed by atoms with Gasteiger partial charge in [0.05, 0.1) is 0 Å². The van der Waals surface area contributed by atoms with Crippen LogP contribution in [0.4, 0.5) is 4.39 Å². The Morgan fingerprint density at radius 1 is 1.06 bits per heavy atom. The van der Waals surface area contributed by atoms with Gasteiger partial charge in [-0.2, -0.15) is 0 Å².